The van der Waals surface area contributed by atoms with E-state index in [2.05, 4.69) is 58.5 Å². The number of nitrogens with zero attached hydrogens (tertiary/aromatic N) is 4. The van der Waals surface area contributed by atoms with Crippen molar-refractivity contribution in [1.29, 1.82) is 0 Å². The van der Waals surface area contributed by atoms with Crippen LogP contribution >= 0.6 is 0 Å². The van der Waals surface area contributed by atoms with Crippen molar-refractivity contribution in [3.8, 4) is 0 Å². The van der Waals surface area contributed by atoms with Gasteiger partial charge in [0.25, 0.3) is 5.91 Å². The minimum Gasteiger partial charge on any atom is -0.383 e. The molecular weight excluding hydrogens is 503 g/mol. The van der Waals surface area contributed by atoms with Crippen LogP contribution in [0.4, 0.5) is 10.1 Å². The van der Waals surface area contributed by atoms with Crippen LogP contribution in [0.2, 0.25) is 0 Å². The van der Waals surface area contributed by atoms with Gasteiger partial charge in [-0.2, -0.15) is 0 Å². The van der Waals surface area contributed by atoms with E-state index in [1.165, 1.54) is 29.0 Å². The summed E-state index contributed by atoms with van der Waals surface area (Å²) in [7, 11) is 3.77. The summed E-state index contributed by atoms with van der Waals surface area (Å²) in [6, 6.07) is 21.2. The van der Waals surface area contributed by atoms with Gasteiger partial charge in [-0.25, -0.2) is 4.39 Å². The normalized spacial score (nSPS) is 14.2. The lowest BCUT2D eigenvalue weighted by molar-refractivity contribution is 0.0594. The molecule has 0 radical (unpaired) electrons. The first kappa shape index (κ1) is 27.9. The molecule has 0 N–H and O–H groups in total. The number of hydrogen-bond donors (Lipinski definition) is 0. The molecule has 4 aromatic rings. The molecule has 1 aromatic heterocycles. The lowest BCUT2D eigenvalue weighted by Gasteiger charge is -2.34. The number of rotatable bonds is 9. The zero-order chi connectivity index (χ0) is 28.2. The van der Waals surface area contributed by atoms with Gasteiger partial charge in [0.2, 0.25) is 0 Å². The van der Waals surface area contributed by atoms with Gasteiger partial charge >= 0.3 is 0 Å². The average Bonchev–Trinajstić information content (AvgIpc) is 3.21. The van der Waals surface area contributed by atoms with Gasteiger partial charge in [0.1, 0.15) is 5.82 Å². The molecule has 0 spiro atoms. The van der Waals surface area contributed by atoms with Crippen LogP contribution in [0.5, 0.6) is 0 Å². The second-order valence-electron chi connectivity index (χ2n) is 10.8. The number of ether oxygens (including phenoxy) is 1. The van der Waals surface area contributed by atoms with E-state index in [1.807, 2.05) is 36.2 Å². The standard InChI is InChI=1S/C33H39FN4O2/c1-24-25(2)38(23-26-8-6-5-7-9-26)32-30(24)20-28(33(39)37-16-14-36(15-17-37)18-19-40-4)21-31(32)35(3)22-27-10-12-29(34)13-11-27/h5-13,20-21H,14-19,22-23H2,1-4H3. The number of halogens is 1. The van der Waals surface area contributed by atoms with Crippen molar-refractivity contribution < 1.29 is 13.9 Å². The Balaban J connectivity index is 1.53. The first-order valence-corrected chi connectivity index (χ1v) is 14.0. The van der Waals surface area contributed by atoms with Crippen molar-refractivity contribution in [3.05, 3.63) is 100 Å². The van der Waals surface area contributed by atoms with Crippen molar-refractivity contribution in [2.75, 3.05) is 58.4 Å². The summed E-state index contributed by atoms with van der Waals surface area (Å²) < 4.78 is 21.2. The van der Waals surface area contributed by atoms with Gasteiger partial charge in [-0.3, -0.25) is 9.69 Å². The first-order chi connectivity index (χ1) is 19.4. The minimum atomic E-state index is -0.244. The summed E-state index contributed by atoms with van der Waals surface area (Å²) in [6.45, 7) is 10.3. The molecule has 0 unspecified atom stereocenters. The highest BCUT2D eigenvalue weighted by atomic mass is 19.1. The van der Waals surface area contributed by atoms with E-state index in [0.717, 1.165) is 48.3 Å². The molecule has 5 rings (SSSR count). The lowest BCUT2D eigenvalue weighted by Crippen LogP contribution is -2.49. The molecule has 0 atom stereocenters. The highest BCUT2D eigenvalue weighted by Crippen LogP contribution is 2.36. The van der Waals surface area contributed by atoms with E-state index in [0.29, 0.717) is 31.8 Å². The topological polar surface area (TPSA) is 41.0 Å². The fourth-order valence-corrected chi connectivity index (χ4v) is 5.66. The molecule has 1 saturated heterocycles. The molecule has 6 nitrogen and oxygen atoms in total. The summed E-state index contributed by atoms with van der Waals surface area (Å²) >= 11 is 0. The number of carbonyl (C=O) groups excluding carboxylic acids is 1. The Bertz CT molecular complexity index is 1460. The third-order valence-corrected chi connectivity index (χ3v) is 8.16. The van der Waals surface area contributed by atoms with E-state index in [1.54, 1.807) is 7.11 Å². The molecule has 1 amide bonds. The third kappa shape index (κ3) is 5.91. The Morgan fingerprint density at radius 1 is 0.950 bits per heavy atom. The van der Waals surface area contributed by atoms with Crippen LogP contribution < -0.4 is 4.90 Å². The quantitative estimate of drug-likeness (QED) is 0.281. The van der Waals surface area contributed by atoms with Crippen LogP contribution in [0.25, 0.3) is 10.9 Å². The number of carbonyl (C=O) groups is 1. The molecule has 210 valence electrons. The molecule has 0 saturated carbocycles. The van der Waals surface area contributed by atoms with E-state index in [9.17, 15) is 9.18 Å². The number of amides is 1. The van der Waals surface area contributed by atoms with Crippen molar-refractivity contribution in [2.24, 2.45) is 0 Å². The number of aromatic nitrogens is 1. The smallest absolute Gasteiger partial charge is 0.254 e. The number of aryl methyl sites for hydroxylation is 1. The SMILES string of the molecule is COCCN1CCN(C(=O)c2cc(N(C)Cc3ccc(F)cc3)c3c(c2)c(C)c(C)n3Cc2ccccc2)CC1. The van der Waals surface area contributed by atoms with Gasteiger partial charge in [0.05, 0.1) is 17.8 Å². The van der Waals surface area contributed by atoms with Crippen LogP contribution in [0.15, 0.2) is 66.7 Å². The fraction of sp³-hybridized carbons (Fsp3) is 0.364. The number of benzene rings is 3. The van der Waals surface area contributed by atoms with Crippen LogP contribution in [0, 0.1) is 19.7 Å². The second-order valence-corrected chi connectivity index (χ2v) is 10.8. The molecule has 1 aliphatic heterocycles. The predicted octanol–water partition coefficient (Wildman–Crippen LogP) is 5.49. The van der Waals surface area contributed by atoms with E-state index in [4.69, 9.17) is 4.74 Å². The Kier molecular flexibility index (Phi) is 8.52. The number of piperazine rings is 1. The Morgan fingerprint density at radius 3 is 2.33 bits per heavy atom. The first-order valence-electron chi connectivity index (χ1n) is 14.0. The highest BCUT2D eigenvalue weighted by Gasteiger charge is 2.25. The van der Waals surface area contributed by atoms with Gasteiger partial charge in [-0.1, -0.05) is 42.5 Å². The summed E-state index contributed by atoms with van der Waals surface area (Å²) in [5, 5.41) is 1.10. The summed E-state index contributed by atoms with van der Waals surface area (Å²) in [6.07, 6.45) is 0. The van der Waals surface area contributed by atoms with Gasteiger partial charge in [-0.15, -0.1) is 0 Å². The lowest BCUT2D eigenvalue weighted by atomic mass is 10.0. The molecule has 2 heterocycles. The van der Waals surface area contributed by atoms with Crippen molar-refractivity contribution in [3.63, 3.8) is 0 Å². The summed E-state index contributed by atoms with van der Waals surface area (Å²) in [5.41, 5.74) is 7.42. The summed E-state index contributed by atoms with van der Waals surface area (Å²) in [5.74, 6) is -0.177. The average molecular weight is 543 g/mol. The van der Waals surface area contributed by atoms with E-state index >= 15 is 0 Å². The van der Waals surface area contributed by atoms with Crippen molar-refractivity contribution >= 4 is 22.5 Å². The van der Waals surface area contributed by atoms with Crippen molar-refractivity contribution in [2.45, 2.75) is 26.9 Å². The molecule has 0 aliphatic carbocycles. The van der Waals surface area contributed by atoms with E-state index in [-0.39, 0.29) is 11.7 Å². The Morgan fingerprint density at radius 2 is 1.65 bits per heavy atom. The molecule has 7 heteroatoms. The number of methoxy groups -OCH3 is 1. The minimum absolute atomic E-state index is 0.0672. The van der Waals surface area contributed by atoms with Crippen LogP contribution in [-0.4, -0.2) is 73.8 Å². The predicted molar refractivity (Wildman–Crippen MR) is 160 cm³/mol. The number of fused-ring (bicyclic) bond motifs is 1. The second kappa shape index (κ2) is 12.2. The zero-order valence-corrected chi connectivity index (χ0v) is 24.0. The Hall–Kier alpha value is -3.68. The fourth-order valence-electron chi connectivity index (χ4n) is 5.66. The molecule has 1 aliphatic rings. The maximum Gasteiger partial charge on any atom is 0.254 e. The molecule has 40 heavy (non-hydrogen) atoms. The molecule has 0 bridgehead atoms. The largest absolute Gasteiger partial charge is 0.383 e. The van der Waals surface area contributed by atoms with Crippen LogP contribution in [0.1, 0.15) is 32.7 Å². The number of hydrogen-bond acceptors (Lipinski definition) is 4. The van der Waals surface area contributed by atoms with Gasteiger partial charge in [0, 0.05) is 76.6 Å². The van der Waals surface area contributed by atoms with Gasteiger partial charge < -0.3 is 19.1 Å². The van der Waals surface area contributed by atoms with Crippen LogP contribution in [-0.2, 0) is 17.8 Å². The summed E-state index contributed by atoms with van der Waals surface area (Å²) in [4.78, 5) is 20.3. The maximum atomic E-state index is 13.8. The molecule has 1 fully saturated rings. The van der Waals surface area contributed by atoms with Crippen molar-refractivity contribution in [1.82, 2.24) is 14.4 Å². The monoisotopic (exact) mass is 542 g/mol. The molecule has 3 aromatic carbocycles. The Labute approximate surface area is 236 Å². The highest BCUT2D eigenvalue weighted by molar-refractivity contribution is 6.04. The van der Waals surface area contributed by atoms with Crippen LogP contribution in [0.3, 0.4) is 0 Å². The number of anilines is 1. The third-order valence-electron chi connectivity index (χ3n) is 8.16. The van der Waals surface area contributed by atoms with Gasteiger partial charge in [-0.05, 0) is 54.8 Å². The molecular formula is C33H39FN4O2. The van der Waals surface area contributed by atoms with Gasteiger partial charge in [0.15, 0.2) is 0 Å². The zero-order valence-electron chi connectivity index (χ0n) is 24.0. The maximum absolute atomic E-state index is 13.8. The van der Waals surface area contributed by atoms with E-state index < -0.39 is 0 Å².